The second-order valence-corrected chi connectivity index (χ2v) is 6.89. The van der Waals surface area contributed by atoms with E-state index in [1.54, 1.807) is 0 Å². The lowest BCUT2D eigenvalue weighted by Crippen LogP contribution is -2.44. The van der Waals surface area contributed by atoms with Gasteiger partial charge >= 0.3 is 18.6 Å². The Balaban J connectivity index is 2.02. The molecule has 0 aliphatic rings. The molecule has 1 N–H and O–H groups in total. The first-order chi connectivity index (χ1) is 14.6. The lowest BCUT2D eigenvalue weighted by molar-refractivity contribution is -0.274. The van der Waals surface area contributed by atoms with E-state index in [2.05, 4.69) is 15.0 Å². The summed E-state index contributed by atoms with van der Waals surface area (Å²) in [5.74, 6) is -0.772. The Morgan fingerprint density at radius 3 is 2.23 bits per heavy atom. The quantitative estimate of drug-likeness (QED) is 0.449. The van der Waals surface area contributed by atoms with Gasteiger partial charge in [0.05, 0.1) is 5.69 Å². The molecule has 12 heteroatoms. The van der Waals surface area contributed by atoms with Crippen LogP contribution in [0.15, 0.2) is 66.2 Å². The van der Waals surface area contributed by atoms with Crippen molar-refractivity contribution < 1.29 is 35.9 Å². The SMILES string of the molecule is O=C(Nc1ccccc1OC(F)(F)F)N(c1nccs1)C(c1ccccc1)C(F)(F)F. The van der Waals surface area contributed by atoms with E-state index in [0.29, 0.717) is 4.90 Å². The van der Waals surface area contributed by atoms with E-state index >= 15 is 0 Å². The zero-order chi connectivity index (χ0) is 22.6. The number of nitrogens with one attached hydrogen (secondary N) is 1. The van der Waals surface area contributed by atoms with Crippen LogP contribution in [-0.2, 0) is 0 Å². The molecule has 0 bridgehead atoms. The number of amides is 2. The van der Waals surface area contributed by atoms with Gasteiger partial charge in [-0.05, 0) is 17.7 Å². The van der Waals surface area contributed by atoms with Gasteiger partial charge in [0, 0.05) is 11.6 Å². The number of alkyl halides is 6. The van der Waals surface area contributed by atoms with Crippen molar-refractivity contribution in [2.24, 2.45) is 0 Å². The van der Waals surface area contributed by atoms with Crippen LogP contribution in [0.1, 0.15) is 11.6 Å². The zero-order valence-electron chi connectivity index (χ0n) is 15.3. The predicted molar refractivity (Wildman–Crippen MR) is 102 cm³/mol. The van der Waals surface area contributed by atoms with E-state index in [4.69, 9.17) is 0 Å². The molecule has 0 spiro atoms. The second-order valence-electron chi connectivity index (χ2n) is 6.01. The minimum atomic E-state index is -5.06. The standard InChI is InChI=1S/C19H13F6N3O2S/c20-18(21,22)15(12-6-2-1-3-7-12)28(17-26-10-11-31-17)16(29)27-13-8-4-5-9-14(13)30-19(23,24)25/h1-11,15H,(H,27,29). The molecule has 2 amide bonds. The van der Waals surface area contributed by atoms with Gasteiger partial charge in [0.1, 0.15) is 0 Å². The summed E-state index contributed by atoms with van der Waals surface area (Å²) in [6.45, 7) is 0. The number of nitrogens with zero attached hydrogens (tertiary/aromatic N) is 2. The van der Waals surface area contributed by atoms with Crippen LogP contribution < -0.4 is 15.0 Å². The third-order valence-corrected chi connectivity index (χ3v) is 4.65. The second kappa shape index (κ2) is 8.84. The van der Waals surface area contributed by atoms with Gasteiger partial charge in [-0.2, -0.15) is 13.2 Å². The van der Waals surface area contributed by atoms with Crippen LogP contribution >= 0.6 is 11.3 Å². The number of rotatable bonds is 5. The first kappa shape index (κ1) is 22.4. The van der Waals surface area contributed by atoms with E-state index in [9.17, 15) is 31.1 Å². The third kappa shape index (κ3) is 5.66. The Morgan fingerprint density at radius 2 is 1.65 bits per heavy atom. The van der Waals surface area contributed by atoms with E-state index in [0.717, 1.165) is 23.5 Å². The van der Waals surface area contributed by atoms with Crippen molar-refractivity contribution in [3.63, 3.8) is 0 Å². The molecule has 1 heterocycles. The molecule has 0 fully saturated rings. The van der Waals surface area contributed by atoms with Gasteiger partial charge in [-0.15, -0.1) is 24.5 Å². The minimum absolute atomic E-state index is 0.250. The summed E-state index contributed by atoms with van der Waals surface area (Å²) in [6, 6.07) is 7.38. The molecule has 0 radical (unpaired) electrons. The minimum Gasteiger partial charge on any atom is -0.404 e. The number of hydrogen-bond donors (Lipinski definition) is 1. The molecule has 31 heavy (non-hydrogen) atoms. The lowest BCUT2D eigenvalue weighted by Gasteiger charge is -2.31. The van der Waals surface area contributed by atoms with Crippen LogP contribution in [0.25, 0.3) is 0 Å². The van der Waals surface area contributed by atoms with E-state index in [1.165, 1.54) is 54.0 Å². The van der Waals surface area contributed by atoms with Crippen molar-refractivity contribution in [1.29, 1.82) is 0 Å². The largest absolute Gasteiger partial charge is 0.573 e. The molecule has 1 atom stereocenters. The average Bonchev–Trinajstić information content (AvgIpc) is 3.20. The molecule has 1 aromatic heterocycles. The molecule has 2 aromatic carbocycles. The van der Waals surface area contributed by atoms with Gasteiger partial charge in [-0.25, -0.2) is 9.78 Å². The highest BCUT2D eigenvalue weighted by molar-refractivity contribution is 7.13. The summed E-state index contributed by atoms with van der Waals surface area (Å²) < 4.78 is 83.9. The molecular weight excluding hydrogens is 448 g/mol. The van der Waals surface area contributed by atoms with Crippen molar-refractivity contribution in [2.75, 3.05) is 10.2 Å². The molecule has 3 rings (SSSR count). The highest BCUT2D eigenvalue weighted by Crippen LogP contribution is 2.41. The fraction of sp³-hybridized carbons (Fsp3) is 0.158. The van der Waals surface area contributed by atoms with Gasteiger partial charge < -0.3 is 10.1 Å². The molecule has 1 unspecified atom stereocenters. The Kier molecular flexibility index (Phi) is 6.39. The Labute approximate surface area is 175 Å². The van der Waals surface area contributed by atoms with Gasteiger partial charge in [0.15, 0.2) is 16.9 Å². The summed E-state index contributed by atoms with van der Waals surface area (Å²) in [6.07, 6.45) is -8.76. The molecule has 0 aliphatic carbocycles. The van der Waals surface area contributed by atoms with Gasteiger partial charge in [0.2, 0.25) is 0 Å². The van der Waals surface area contributed by atoms with E-state index in [1.807, 2.05) is 0 Å². The van der Waals surface area contributed by atoms with Crippen molar-refractivity contribution in [3.05, 3.63) is 71.7 Å². The fourth-order valence-electron chi connectivity index (χ4n) is 2.73. The lowest BCUT2D eigenvalue weighted by atomic mass is 10.1. The van der Waals surface area contributed by atoms with Gasteiger partial charge in [0.25, 0.3) is 0 Å². The summed E-state index contributed by atoms with van der Waals surface area (Å²) in [5, 5.41) is 3.15. The third-order valence-electron chi connectivity index (χ3n) is 3.88. The Morgan fingerprint density at radius 1 is 1.00 bits per heavy atom. The van der Waals surface area contributed by atoms with Crippen molar-refractivity contribution in [3.8, 4) is 5.75 Å². The molecular formula is C19H13F6N3O2S. The number of urea groups is 1. The molecule has 164 valence electrons. The smallest absolute Gasteiger partial charge is 0.404 e. The maximum Gasteiger partial charge on any atom is 0.573 e. The monoisotopic (exact) mass is 461 g/mol. The first-order valence-corrected chi connectivity index (χ1v) is 9.40. The van der Waals surface area contributed by atoms with Crippen LogP contribution in [0, 0.1) is 0 Å². The number of ether oxygens (including phenoxy) is 1. The average molecular weight is 461 g/mol. The van der Waals surface area contributed by atoms with Crippen LogP contribution in [0.3, 0.4) is 0 Å². The maximum absolute atomic E-state index is 14.0. The number of carbonyl (C=O) groups is 1. The summed E-state index contributed by atoms with van der Waals surface area (Å²) in [7, 11) is 0. The van der Waals surface area contributed by atoms with Crippen molar-refractivity contribution in [1.82, 2.24) is 4.98 Å². The number of carbonyl (C=O) groups excluding carboxylic acids is 1. The molecule has 0 saturated carbocycles. The summed E-state index contributed by atoms with van der Waals surface area (Å²) in [5.41, 5.74) is -0.708. The van der Waals surface area contributed by atoms with Crippen molar-refractivity contribution in [2.45, 2.75) is 18.6 Å². The Bertz CT molecular complexity index is 1010. The predicted octanol–water partition coefficient (Wildman–Crippen LogP) is 6.38. The maximum atomic E-state index is 14.0. The van der Waals surface area contributed by atoms with Crippen LogP contribution in [0.5, 0.6) is 5.75 Å². The molecule has 0 aliphatic heterocycles. The van der Waals surface area contributed by atoms with Crippen molar-refractivity contribution >= 4 is 28.2 Å². The number of para-hydroxylation sites is 2. The van der Waals surface area contributed by atoms with Crippen LogP contribution in [-0.4, -0.2) is 23.6 Å². The van der Waals surface area contributed by atoms with Crippen LogP contribution in [0.2, 0.25) is 0 Å². The van der Waals surface area contributed by atoms with Gasteiger partial charge in [-0.3, -0.25) is 4.90 Å². The van der Waals surface area contributed by atoms with Crippen LogP contribution in [0.4, 0.5) is 42.0 Å². The highest BCUT2D eigenvalue weighted by atomic mass is 32.1. The molecule has 0 saturated heterocycles. The van der Waals surface area contributed by atoms with Gasteiger partial charge in [-0.1, -0.05) is 42.5 Å². The zero-order valence-corrected chi connectivity index (χ0v) is 16.1. The molecule has 3 aromatic rings. The number of halogens is 6. The number of hydrogen-bond acceptors (Lipinski definition) is 4. The number of aromatic nitrogens is 1. The summed E-state index contributed by atoms with van der Waals surface area (Å²) in [4.78, 5) is 17.1. The Hall–Kier alpha value is -3.28. The highest BCUT2D eigenvalue weighted by Gasteiger charge is 2.48. The first-order valence-electron chi connectivity index (χ1n) is 8.52. The van der Waals surface area contributed by atoms with E-state index < -0.39 is 36.0 Å². The fourth-order valence-corrected chi connectivity index (χ4v) is 3.40. The normalized spacial score (nSPS) is 12.8. The van der Waals surface area contributed by atoms with E-state index in [-0.39, 0.29) is 10.7 Å². The molecule has 5 nitrogen and oxygen atoms in total. The number of thiazole rings is 1. The number of anilines is 2. The topological polar surface area (TPSA) is 54.5 Å². The summed E-state index contributed by atoms with van der Waals surface area (Å²) >= 11 is 0.766. The number of benzene rings is 2.